The molecule has 2 heterocycles. The van der Waals surface area contributed by atoms with Crippen LogP contribution in [-0.4, -0.2) is 16.2 Å². The van der Waals surface area contributed by atoms with Gasteiger partial charge < -0.3 is 4.98 Å². The fourth-order valence-corrected chi connectivity index (χ4v) is 2.57. The van der Waals surface area contributed by atoms with Crippen molar-refractivity contribution in [3.63, 3.8) is 0 Å². The molecular formula is C18H14N4. The zero-order valence-corrected chi connectivity index (χ0v) is 11.8. The van der Waals surface area contributed by atoms with Crippen molar-refractivity contribution in [1.82, 2.24) is 9.97 Å². The molecule has 0 spiro atoms. The number of aromatic nitrogens is 2. The molecule has 4 aromatic rings. The Morgan fingerprint density at radius 1 is 1.00 bits per heavy atom. The Kier molecular flexibility index (Phi) is 3.05. The molecular weight excluding hydrogens is 272 g/mol. The standard InChI is InChI=1S/C18H14N4/c1-2-8-16-15(7-1)14(11-20-16)12-21-22-17-9-3-5-13-6-4-10-19-18(13)17/h1-12,20,22H. The van der Waals surface area contributed by atoms with Gasteiger partial charge in [-0.15, -0.1) is 0 Å². The van der Waals surface area contributed by atoms with Crippen LogP contribution >= 0.6 is 0 Å². The lowest BCUT2D eigenvalue weighted by atomic mass is 10.2. The molecule has 0 aliphatic heterocycles. The van der Waals surface area contributed by atoms with E-state index in [0.29, 0.717) is 0 Å². The number of fused-ring (bicyclic) bond motifs is 2. The van der Waals surface area contributed by atoms with Gasteiger partial charge in [-0.25, -0.2) is 0 Å². The number of hydrogen-bond acceptors (Lipinski definition) is 3. The summed E-state index contributed by atoms with van der Waals surface area (Å²) in [5.74, 6) is 0. The van der Waals surface area contributed by atoms with Crippen molar-refractivity contribution in [3.8, 4) is 0 Å². The Balaban J connectivity index is 1.64. The summed E-state index contributed by atoms with van der Waals surface area (Å²) in [4.78, 5) is 7.64. The molecule has 106 valence electrons. The van der Waals surface area contributed by atoms with E-state index >= 15 is 0 Å². The van der Waals surface area contributed by atoms with Crippen molar-refractivity contribution < 1.29 is 0 Å². The third-order valence-corrected chi connectivity index (χ3v) is 3.64. The molecule has 0 radical (unpaired) electrons. The highest BCUT2D eigenvalue weighted by Crippen LogP contribution is 2.21. The van der Waals surface area contributed by atoms with Crippen LogP contribution < -0.4 is 5.43 Å². The minimum Gasteiger partial charge on any atom is -0.361 e. The number of rotatable bonds is 3. The summed E-state index contributed by atoms with van der Waals surface area (Å²) < 4.78 is 0. The molecule has 0 saturated carbocycles. The minimum absolute atomic E-state index is 0.897. The summed E-state index contributed by atoms with van der Waals surface area (Å²) in [6.45, 7) is 0. The number of hydrogen-bond donors (Lipinski definition) is 2. The number of para-hydroxylation sites is 2. The fraction of sp³-hybridized carbons (Fsp3) is 0. The van der Waals surface area contributed by atoms with E-state index in [-0.39, 0.29) is 0 Å². The number of anilines is 1. The average Bonchev–Trinajstić information content (AvgIpc) is 2.99. The van der Waals surface area contributed by atoms with Gasteiger partial charge in [0.15, 0.2) is 0 Å². The van der Waals surface area contributed by atoms with E-state index in [9.17, 15) is 0 Å². The van der Waals surface area contributed by atoms with Crippen LogP contribution in [0.5, 0.6) is 0 Å². The van der Waals surface area contributed by atoms with Crippen molar-refractivity contribution in [3.05, 3.63) is 72.6 Å². The van der Waals surface area contributed by atoms with E-state index in [1.165, 1.54) is 0 Å². The van der Waals surface area contributed by atoms with Crippen LogP contribution in [0.4, 0.5) is 5.69 Å². The summed E-state index contributed by atoms with van der Waals surface area (Å²) in [6.07, 6.45) is 5.56. The van der Waals surface area contributed by atoms with Crippen LogP contribution in [0.3, 0.4) is 0 Å². The Morgan fingerprint density at radius 3 is 2.91 bits per heavy atom. The van der Waals surface area contributed by atoms with Crippen molar-refractivity contribution in [1.29, 1.82) is 0 Å². The highest BCUT2D eigenvalue weighted by Gasteiger charge is 2.01. The minimum atomic E-state index is 0.897. The first-order valence-corrected chi connectivity index (χ1v) is 7.11. The van der Waals surface area contributed by atoms with Crippen LogP contribution in [0.1, 0.15) is 5.56 Å². The van der Waals surface area contributed by atoms with Gasteiger partial charge in [-0.1, -0.05) is 36.4 Å². The maximum atomic E-state index is 4.40. The van der Waals surface area contributed by atoms with Gasteiger partial charge in [-0.3, -0.25) is 10.4 Å². The average molecular weight is 286 g/mol. The molecule has 4 nitrogen and oxygen atoms in total. The SMILES string of the molecule is C(=NNc1cccc2cccnc12)c1c[nH]c2ccccc12. The Labute approximate surface area is 127 Å². The molecule has 0 aliphatic carbocycles. The molecule has 2 N–H and O–H groups in total. The number of nitrogens with zero attached hydrogens (tertiary/aromatic N) is 2. The second-order valence-corrected chi connectivity index (χ2v) is 5.04. The van der Waals surface area contributed by atoms with Gasteiger partial charge >= 0.3 is 0 Å². The van der Waals surface area contributed by atoms with Crippen LogP contribution in [0.25, 0.3) is 21.8 Å². The molecule has 0 aliphatic rings. The van der Waals surface area contributed by atoms with Crippen LogP contribution in [0, 0.1) is 0 Å². The predicted octanol–water partition coefficient (Wildman–Crippen LogP) is 4.16. The Morgan fingerprint density at radius 2 is 1.91 bits per heavy atom. The van der Waals surface area contributed by atoms with E-state index in [1.807, 2.05) is 54.9 Å². The van der Waals surface area contributed by atoms with Crippen molar-refractivity contribution in [2.75, 3.05) is 5.43 Å². The van der Waals surface area contributed by atoms with Crippen LogP contribution in [0.2, 0.25) is 0 Å². The molecule has 0 bridgehead atoms. The molecule has 2 aromatic heterocycles. The topological polar surface area (TPSA) is 53.1 Å². The van der Waals surface area contributed by atoms with Crippen molar-refractivity contribution in [2.24, 2.45) is 5.10 Å². The van der Waals surface area contributed by atoms with Crippen molar-refractivity contribution >= 4 is 33.7 Å². The summed E-state index contributed by atoms with van der Waals surface area (Å²) in [5, 5.41) is 6.60. The van der Waals surface area contributed by atoms with E-state index in [4.69, 9.17) is 0 Å². The predicted molar refractivity (Wildman–Crippen MR) is 91.3 cm³/mol. The smallest absolute Gasteiger partial charge is 0.0951 e. The summed E-state index contributed by atoms with van der Waals surface area (Å²) >= 11 is 0. The van der Waals surface area contributed by atoms with E-state index < -0.39 is 0 Å². The monoisotopic (exact) mass is 286 g/mol. The van der Waals surface area contributed by atoms with Gasteiger partial charge in [0.2, 0.25) is 0 Å². The van der Waals surface area contributed by atoms with Crippen LogP contribution in [-0.2, 0) is 0 Å². The maximum absolute atomic E-state index is 4.40. The third kappa shape index (κ3) is 2.20. The van der Waals surface area contributed by atoms with E-state index in [0.717, 1.165) is 33.1 Å². The van der Waals surface area contributed by atoms with Crippen LogP contribution in [0.15, 0.2) is 72.1 Å². The highest BCUT2D eigenvalue weighted by atomic mass is 15.3. The first kappa shape index (κ1) is 12.6. The normalized spacial score (nSPS) is 11.5. The summed E-state index contributed by atoms with van der Waals surface area (Å²) in [6, 6.07) is 18.1. The molecule has 0 amide bonds. The Hall–Kier alpha value is -3.14. The first-order valence-electron chi connectivity index (χ1n) is 7.11. The second-order valence-electron chi connectivity index (χ2n) is 5.04. The molecule has 2 aromatic carbocycles. The number of hydrazone groups is 1. The molecule has 22 heavy (non-hydrogen) atoms. The second kappa shape index (κ2) is 5.33. The molecule has 0 fully saturated rings. The molecule has 0 unspecified atom stereocenters. The van der Waals surface area contributed by atoms with Gasteiger partial charge in [0.05, 0.1) is 17.4 Å². The molecule has 0 saturated heterocycles. The Bertz CT molecular complexity index is 964. The summed E-state index contributed by atoms with van der Waals surface area (Å²) in [5.41, 5.74) is 7.06. The number of pyridine rings is 1. The van der Waals surface area contributed by atoms with Crippen molar-refractivity contribution in [2.45, 2.75) is 0 Å². The highest BCUT2D eigenvalue weighted by molar-refractivity contribution is 5.99. The maximum Gasteiger partial charge on any atom is 0.0951 e. The zero-order valence-electron chi connectivity index (χ0n) is 11.8. The first-order chi connectivity index (χ1) is 10.9. The lowest BCUT2D eigenvalue weighted by Crippen LogP contribution is -1.92. The van der Waals surface area contributed by atoms with Gasteiger partial charge in [0, 0.05) is 34.2 Å². The molecule has 0 atom stereocenters. The van der Waals surface area contributed by atoms with Gasteiger partial charge in [0.25, 0.3) is 0 Å². The van der Waals surface area contributed by atoms with Gasteiger partial charge in [-0.2, -0.15) is 5.10 Å². The molecule has 4 rings (SSSR count). The van der Waals surface area contributed by atoms with Gasteiger partial charge in [-0.05, 0) is 18.2 Å². The summed E-state index contributed by atoms with van der Waals surface area (Å²) in [7, 11) is 0. The van der Waals surface area contributed by atoms with Gasteiger partial charge in [0.1, 0.15) is 0 Å². The number of nitrogens with one attached hydrogen (secondary N) is 2. The van der Waals surface area contributed by atoms with E-state index in [1.54, 1.807) is 6.20 Å². The largest absolute Gasteiger partial charge is 0.361 e. The number of aromatic amines is 1. The zero-order chi connectivity index (χ0) is 14.8. The lowest BCUT2D eigenvalue weighted by Gasteiger charge is -2.03. The quantitative estimate of drug-likeness (QED) is 0.439. The number of H-pyrrole nitrogens is 1. The lowest BCUT2D eigenvalue weighted by molar-refractivity contribution is 1.33. The van der Waals surface area contributed by atoms with E-state index in [2.05, 4.69) is 32.6 Å². The fourth-order valence-electron chi connectivity index (χ4n) is 2.57. The molecule has 4 heteroatoms. The third-order valence-electron chi connectivity index (χ3n) is 3.64. The number of benzene rings is 2.